The van der Waals surface area contributed by atoms with Crippen LogP contribution in [0, 0.1) is 0 Å². The number of pyridine rings is 1. The molecule has 0 aliphatic rings. The Hall–Kier alpha value is -2.64. The van der Waals surface area contributed by atoms with Gasteiger partial charge in [0.25, 0.3) is 5.91 Å². The lowest BCUT2D eigenvalue weighted by Crippen LogP contribution is -2.41. The Labute approximate surface area is 143 Å². The molecule has 0 aliphatic carbocycles. The van der Waals surface area contributed by atoms with Crippen molar-refractivity contribution in [1.82, 2.24) is 10.3 Å². The van der Waals surface area contributed by atoms with Crippen molar-refractivity contribution in [2.75, 3.05) is 0 Å². The van der Waals surface area contributed by atoms with Gasteiger partial charge in [-0.25, -0.2) is 4.98 Å². The average Bonchev–Trinajstić information content (AvgIpc) is 2.55. The molecule has 1 aromatic carbocycles. The summed E-state index contributed by atoms with van der Waals surface area (Å²) in [6.07, 6.45) is 1.29. The van der Waals surface area contributed by atoms with Gasteiger partial charge in [0, 0.05) is 17.3 Å². The standard InChI is InChI=1S/C16H16ClN3O4/c1-9(18)15(22)20-16(23)13-14(21)12(6-7-19-13)24-8-10-2-4-11(17)5-3-10/h2-7,9,21H,8,18H2,1H3,(H,20,22,23)/t9-/m0/s1. The van der Waals surface area contributed by atoms with Crippen molar-refractivity contribution >= 4 is 23.4 Å². The topological polar surface area (TPSA) is 115 Å². The number of halogens is 1. The first-order valence-corrected chi connectivity index (χ1v) is 7.42. The number of hydrogen-bond acceptors (Lipinski definition) is 6. The Kier molecular flexibility index (Phi) is 5.73. The first-order valence-electron chi connectivity index (χ1n) is 7.04. The van der Waals surface area contributed by atoms with Gasteiger partial charge in [0.05, 0.1) is 6.04 Å². The second-order valence-corrected chi connectivity index (χ2v) is 5.46. The van der Waals surface area contributed by atoms with Gasteiger partial charge in [-0.1, -0.05) is 23.7 Å². The van der Waals surface area contributed by atoms with Crippen molar-refractivity contribution in [2.24, 2.45) is 5.73 Å². The van der Waals surface area contributed by atoms with Crippen LogP contribution in [0.5, 0.6) is 11.5 Å². The van der Waals surface area contributed by atoms with Crippen LogP contribution in [-0.4, -0.2) is 27.9 Å². The molecule has 2 amide bonds. The number of imide groups is 1. The van der Waals surface area contributed by atoms with E-state index < -0.39 is 23.6 Å². The lowest BCUT2D eigenvalue weighted by Gasteiger charge is -2.11. The maximum atomic E-state index is 12.0. The molecule has 1 heterocycles. The van der Waals surface area contributed by atoms with Crippen LogP contribution in [-0.2, 0) is 11.4 Å². The first-order chi connectivity index (χ1) is 11.4. The molecule has 4 N–H and O–H groups in total. The molecule has 0 fully saturated rings. The Morgan fingerprint density at radius 1 is 1.33 bits per heavy atom. The fourth-order valence-electron chi connectivity index (χ4n) is 1.75. The molecule has 2 rings (SSSR count). The summed E-state index contributed by atoms with van der Waals surface area (Å²) in [4.78, 5) is 27.2. The molecule has 126 valence electrons. The van der Waals surface area contributed by atoms with Gasteiger partial charge in [-0.05, 0) is 24.6 Å². The highest BCUT2D eigenvalue weighted by Crippen LogP contribution is 2.28. The molecule has 0 aliphatic heterocycles. The van der Waals surface area contributed by atoms with Crippen LogP contribution in [0.4, 0.5) is 0 Å². The minimum Gasteiger partial charge on any atom is -0.503 e. The maximum absolute atomic E-state index is 12.0. The molecule has 1 aromatic heterocycles. The number of nitrogens with one attached hydrogen (secondary N) is 1. The number of nitrogens with zero attached hydrogens (tertiary/aromatic N) is 1. The number of benzene rings is 1. The van der Waals surface area contributed by atoms with E-state index in [9.17, 15) is 14.7 Å². The van der Waals surface area contributed by atoms with Crippen LogP contribution in [0.2, 0.25) is 5.02 Å². The van der Waals surface area contributed by atoms with E-state index in [0.29, 0.717) is 5.02 Å². The minimum atomic E-state index is -0.861. The normalized spacial score (nSPS) is 11.6. The zero-order valence-corrected chi connectivity index (χ0v) is 13.6. The van der Waals surface area contributed by atoms with Crippen molar-refractivity contribution in [1.29, 1.82) is 0 Å². The third-order valence-electron chi connectivity index (χ3n) is 3.06. The SMILES string of the molecule is C[C@H](N)C(=O)NC(=O)c1nccc(OCc2ccc(Cl)cc2)c1O. The summed E-state index contributed by atoms with van der Waals surface area (Å²) in [5.41, 5.74) is 5.88. The van der Waals surface area contributed by atoms with Gasteiger partial charge in [-0.15, -0.1) is 0 Å². The Balaban J connectivity index is 2.11. The van der Waals surface area contributed by atoms with Crippen LogP contribution in [0.1, 0.15) is 23.0 Å². The van der Waals surface area contributed by atoms with E-state index >= 15 is 0 Å². The summed E-state index contributed by atoms with van der Waals surface area (Å²) in [5, 5.41) is 12.8. The molecule has 0 unspecified atom stereocenters. The molecule has 0 bridgehead atoms. The summed E-state index contributed by atoms with van der Waals surface area (Å²) >= 11 is 5.80. The highest BCUT2D eigenvalue weighted by Gasteiger charge is 2.20. The molecular weight excluding hydrogens is 334 g/mol. The van der Waals surface area contributed by atoms with E-state index in [1.54, 1.807) is 24.3 Å². The highest BCUT2D eigenvalue weighted by molar-refractivity contribution is 6.30. The predicted molar refractivity (Wildman–Crippen MR) is 87.8 cm³/mol. The van der Waals surface area contributed by atoms with Crippen LogP contribution in [0.25, 0.3) is 0 Å². The van der Waals surface area contributed by atoms with E-state index in [-0.39, 0.29) is 18.1 Å². The molecule has 7 nitrogen and oxygen atoms in total. The number of carbonyl (C=O) groups excluding carboxylic acids is 2. The van der Waals surface area contributed by atoms with Gasteiger partial charge in [0.2, 0.25) is 5.91 Å². The van der Waals surface area contributed by atoms with Crippen molar-refractivity contribution in [3.8, 4) is 11.5 Å². The quantitative estimate of drug-likeness (QED) is 0.755. The van der Waals surface area contributed by atoms with Crippen molar-refractivity contribution in [2.45, 2.75) is 19.6 Å². The number of aromatic hydroxyl groups is 1. The minimum absolute atomic E-state index is 0.0679. The highest BCUT2D eigenvalue weighted by atomic mass is 35.5. The molecule has 0 spiro atoms. The van der Waals surface area contributed by atoms with Crippen molar-refractivity contribution < 1.29 is 19.4 Å². The summed E-state index contributed by atoms with van der Waals surface area (Å²) in [7, 11) is 0. The number of amides is 2. The lowest BCUT2D eigenvalue weighted by molar-refractivity contribution is -0.121. The molecule has 8 heteroatoms. The summed E-state index contributed by atoms with van der Waals surface area (Å²) in [5.74, 6) is -1.92. The summed E-state index contributed by atoms with van der Waals surface area (Å²) in [6, 6.07) is 7.52. The summed E-state index contributed by atoms with van der Waals surface area (Å²) < 4.78 is 5.48. The van der Waals surface area contributed by atoms with Crippen LogP contribution >= 0.6 is 11.6 Å². The first kappa shape index (κ1) is 17.7. The number of carbonyl (C=O) groups is 2. The number of rotatable bonds is 5. The monoisotopic (exact) mass is 349 g/mol. The van der Waals surface area contributed by atoms with Crippen molar-refractivity contribution in [3.05, 3.63) is 52.8 Å². The van der Waals surface area contributed by atoms with Gasteiger partial charge >= 0.3 is 0 Å². The van der Waals surface area contributed by atoms with E-state index in [2.05, 4.69) is 4.98 Å². The largest absolute Gasteiger partial charge is 0.503 e. The van der Waals surface area contributed by atoms with Crippen LogP contribution in [0.15, 0.2) is 36.5 Å². The van der Waals surface area contributed by atoms with Crippen LogP contribution < -0.4 is 15.8 Å². The van der Waals surface area contributed by atoms with Gasteiger partial charge in [-0.3, -0.25) is 14.9 Å². The number of nitrogens with two attached hydrogens (primary N) is 1. The molecule has 0 radical (unpaired) electrons. The van der Waals surface area contributed by atoms with Gasteiger partial charge in [0.1, 0.15) is 6.61 Å². The fraction of sp³-hybridized carbons (Fsp3) is 0.188. The zero-order valence-electron chi connectivity index (χ0n) is 12.8. The van der Waals surface area contributed by atoms with Gasteiger partial charge < -0.3 is 15.6 Å². The molecule has 24 heavy (non-hydrogen) atoms. The van der Waals surface area contributed by atoms with E-state index in [1.165, 1.54) is 19.2 Å². The second kappa shape index (κ2) is 7.76. The molecular formula is C16H16ClN3O4. The number of ether oxygens (including phenoxy) is 1. The summed E-state index contributed by atoms with van der Waals surface area (Å²) in [6.45, 7) is 1.59. The Morgan fingerprint density at radius 2 is 2.00 bits per heavy atom. The molecule has 0 saturated heterocycles. The van der Waals surface area contributed by atoms with E-state index in [4.69, 9.17) is 22.1 Å². The molecule has 1 atom stereocenters. The smallest absolute Gasteiger partial charge is 0.280 e. The van der Waals surface area contributed by atoms with Gasteiger partial charge in [0.15, 0.2) is 17.2 Å². The van der Waals surface area contributed by atoms with Crippen molar-refractivity contribution in [3.63, 3.8) is 0 Å². The van der Waals surface area contributed by atoms with E-state index in [1.807, 2.05) is 5.32 Å². The molecule has 2 aromatic rings. The van der Waals surface area contributed by atoms with Crippen LogP contribution in [0.3, 0.4) is 0 Å². The number of aromatic nitrogens is 1. The third kappa shape index (κ3) is 4.43. The molecule has 0 saturated carbocycles. The Bertz CT molecular complexity index is 747. The average molecular weight is 350 g/mol. The lowest BCUT2D eigenvalue weighted by atomic mass is 10.2. The van der Waals surface area contributed by atoms with E-state index in [0.717, 1.165) is 5.56 Å². The predicted octanol–water partition coefficient (Wildman–Crippen LogP) is 1.62. The zero-order chi connectivity index (χ0) is 17.7. The maximum Gasteiger partial charge on any atom is 0.280 e. The fourth-order valence-corrected chi connectivity index (χ4v) is 1.87. The van der Waals surface area contributed by atoms with Gasteiger partial charge in [-0.2, -0.15) is 0 Å². The number of hydrogen-bond donors (Lipinski definition) is 3. The second-order valence-electron chi connectivity index (χ2n) is 5.03. The Morgan fingerprint density at radius 3 is 2.62 bits per heavy atom. The third-order valence-corrected chi connectivity index (χ3v) is 3.31.